The lowest BCUT2D eigenvalue weighted by Gasteiger charge is -2.33. The highest BCUT2D eigenvalue weighted by Crippen LogP contribution is 2.25. The first kappa shape index (κ1) is 18.9. The Kier molecular flexibility index (Phi) is 5.43. The van der Waals surface area contributed by atoms with Gasteiger partial charge in [0.05, 0.1) is 10.6 Å². The molecule has 1 aromatic heterocycles. The minimum Gasteiger partial charge on any atom is -0.371 e. The molecule has 144 valence electrons. The van der Waals surface area contributed by atoms with Gasteiger partial charge in [-0.15, -0.1) is 0 Å². The molecule has 1 saturated heterocycles. The molecular weight excluding hydrogens is 346 g/mol. The Labute approximate surface area is 158 Å². The number of aryl methyl sites for hydroxylation is 2. The van der Waals surface area contributed by atoms with Crippen LogP contribution in [0.5, 0.6) is 0 Å². The van der Waals surface area contributed by atoms with Gasteiger partial charge in [-0.1, -0.05) is 0 Å². The van der Waals surface area contributed by atoms with Crippen molar-refractivity contribution >= 4 is 17.3 Å². The summed E-state index contributed by atoms with van der Waals surface area (Å²) in [4.78, 5) is 25.1. The largest absolute Gasteiger partial charge is 0.371 e. The van der Waals surface area contributed by atoms with Crippen molar-refractivity contribution in [2.75, 3.05) is 18.0 Å². The lowest BCUT2D eigenvalue weighted by atomic mass is 9.95. The maximum absolute atomic E-state index is 12.5. The van der Waals surface area contributed by atoms with Crippen LogP contribution in [0.3, 0.4) is 0 Å². The third-order valence-electron chi connectivity index (χ3n) is 5.39. The van der Waals surface area contributed by atoms with Gasteiger partial charge in [0.2, 0.25) is 5.91 Å². The molecule has 0 atom stereocenters. The van der Waals surface area contributed by atoms with Gasteiger partial charge in [-0.3, -0.25) is 19.6 Å². The molecule has 0 saturated carbocycles. The van der Waals surface area contributed by atoms with Crippen LogP contribution in [-0.2, 0) is 18.4 Å². The van der Waals surface area contributed by atoms with Crippen LogP contribution in [0.25, 0.3) is 0 Å². The van der Waals surface area contributed by atoms with E-state index in [9.17, 15) is 14.9 Å². The van der Waals surface area contributed by atoms with E-state index in [0.717, 1.165) is 48.6 Å². The van der Waals surface area contributed by atoms with E-state index in [2.05, 4.69) is 15.3 Å². The van der Waals surface area contributed by atoms with Crippen LogP contribution in [0, 0.1) is 29.9 Å². The molecular formula is C19H25N5O3. The first-order valence-corrected chi connectivity index (χ1v) is 9.13. The quantitative estimate of drug-likeness (QED) is 0.644. The Bertz CT molecular complexity index is 836. The number of non-ortho nitro benzene ring substituents is 1. The molecule has 1 fully saturated rings. The number of amides is 1. The molecule has 1 amide bonds. The molecule has 1 aromatic carbocycles. The van der Waals surface area contributed by atoms with Crippen molar-refractivity contribution in [3.63, 3.8) is 0 Å². The molecule has 1 N–H and O–H groups in total. The highest BCUT2D eigenvalue weighted by molar-refractivity contribution is 5.79. The number of benzene rings is 1. The maximum Gasteiger partial charge on any atom is 0.269 e. The smallest absolute Gasteiger partial charge is 0.269 e. The fourth-order valence-electron chi connectivity index (χ4n) is 3.58. The minimum absolute atomic E-state index is 0.00316. The average Bonchev–Trinajstić information content (AvgIpc) is 2.91. The van der Waals surface area contributed by atoms with Gasteiger partial charge in [-0.2, -0.15) is 5.10 Å². The monoisotopic (exact) mass is 371 g/mol. The molecule has 0 bridgehead atoms. The van der Waals surface area contributed by atoms with Crippen molar-refractivity contribution in [2.24, 2.45) is 13.0 Å². The third kappa shape index (κ3) is 4.10. The highest BCUT2D eigenvalue weighted by atomic mass is 16.6. The zero-order valence-corrected chi connectivity index (χ0v) is 15.9. The summed E-state index contributed by atoms with van der Waals surface area (Å²) < 4.78 is 1.83. The van der Waals surface area contributed by atoms with E-state index in [1.54, 1.807) is 12.1 Å². The lowest BCUT2D eigenvalue weighted by Crippen LogP contribution is -2.40. The molecule has 8 heteroatoms. The number of carbonyl (C=O) groups is 1. The second kappa shape index (κ2) is 7.77. The summed E-state index contributed by atoms with van der Waals surface area (Å²) in [5, 5.41) is 18.2. The first-order valence-electron chi connectivity index (χ1n) is 9.13. The number of nitro groups is 1. The number of nitrogens with one attached hydrogen (secondary N) is 1. The number of nitrogens with zero attached hydrogens (tertiary/aromatic N) is 4. The normalized spacial score (nSPS) is 15.0. The summed E-state index contributed by atoms with van der Waals surface area (Å²) >= 11 is 0. The van der Waals surface area contributed by atoms with E-state index in [1.807, 2.05) is 25.6 Å². The van der Waals surface area contributed by atoms with Crippen molar-refractivity contribution < 1.29 is 9.72 Å². The summed E-state index contributed by atoms with van der Waals surface area (Å²) in [6.45, 7) is 6.00. The summed E-state index contributed by atoms with van der Waals surface area (Å²) in [7, 11) is 1.90. The van der Waals surface area contributed by atoms with Crippen molar-refractivity contribution in [2.45, 2.75) is 33.2 Å². The molecule has 0 spiro atoms. The number of aromatic nitrogens is 2. The van der Waals surface area contributed by atoms with E-state index in [0.29, 0.717) is 6.54 Å². The number of nitro benzene ring substituents is 1. The second-order valence-electron chi connectivity index (χ2n) is 7.03. The number of anilines is 1. The van der Waals surface area contributed by atoms with Crippen LogP contribution >= 0.6 is 0 Å². The zero-order valence-electron chi connectivity index (χ0n) is 15.9. The molecule has 0 radical (unpaired) electrons. The molecule has 27 heavy (non-hydrogen) atoms. The van der Waals surface area contributed by atoms with Gasteiger partial charge in [0, 0.05) is 61.7 Å². The predicted molar refractivity (Wildman–Crippen MR) is 103 cm³/mol. The van der Waals surface area contributed by atoms with Crippen molar-refractivity contribution in [3.8, 4) is 0 Å². The van der Waals surface area contributed by atoms with Crippen LogP contribution in [0.15, 0.2) is 24.3 Å². The Morgan fingerprint density at radius 2 is 1.89 bits per heavy atom. The number of hydrogen-bond acceptors (Lipinski definition) is 5. The standard InChI is InChI=1S/C19H25N5O3/c1-13-18(14(2)22(3)21-13)12-20-19(25)15-8-10-23(11-9-15)16-4-6-17(7-5-16)24(26)27/h4-7,15H,8-12H2,1-3H3,(H,20,25). The Morgan fingerprint density at radius 1 is 1.26 bits per heavy atom. The number of piperidine rings is 1. The van der Waals surface area contributed by atoms with Gasteiger partial charge < -0.3 is 10.2 Å². The van der Waals surface area contributed by atoms with E-state index >= 15 is 0 Å². The Balaban J connectivity index is 1.52. The van der Waals surface area contributed by atoms with E-state index in [4.69, 9.17) is 0 Å². The number of hydrogen-bond donors (Lipinski definition) is 1. The molecule has 8 nitrogen and oxygen atoms in total. The zero-order chi connectivity index (χ0) is 19.6. The topological polar surface area (TPSA) is 93.3 Å². The van der Waals surface area contributed by atoms with Gasteiger partial charge in [-0.05, 0) is 38.8 Å². The summed E-state index contributed by atoms with van der Waals surface area (Å²) in [6, 6.07) is 6.58. The van der Waals surface area contributed by atoms with Crippen molar-refractivity contribution in [1.82, 2.24) is 15.1 Å². The van der Waals surface area contributed by atoms with Crippen LogP contribution in [0.2, 0.25) is 0 Å². The second-order valence-corrected chi connectivity index (χ2v) is 7.03. The molecule has 2 heterocycles. The fourth-order valence-corrected chi connectivity index (χ4v) is 3.58. The number of rotatable bonds is 5. The van der Waals surface area contributed by atoms with Crippen molar-refractivity contribution in [3.05, 3.63) is 51.3 Å². The van der Waals surface area contributed by atoms with Gasteiger partial charge >= 0.3 is 0 Å². The summed E-state index contributed by atoms with van der Waals surface area (Å²) in [5.41, 5.74) is 4.15. The fraction of sp³-hybridized carbons (Fsp3) is 0.474. The van der Waals surface area contributed by atoms with Gasteiger partial charge in [-0.25, -0.2) is 0 Å². The highest BCUT2D eigenvalue weighted by Gasteiger charge is 2.25. The van der Waals surface area contributed by atoms with E-state index < -0.39 is 4.92 Å². The molecule has 3 rings (SSSR count). The SMILES string of the molecule is Cc1nn(C)c(C)c1CNC(=O)C1CCN(c2ccc([N+](=O)[O-])cc2)CC1. The summed E-state index contributed by atoms with van der Waals surface area (Å²) in [6.07, 6.45) is 1.54. The Morgan fingerprint density at radius 3 is 2.41 bits per heavy atom. The van der Waals surface area contributed by atoms with Gasteiger partial charge in [0.25, 0.3) is 5.69 Å². The van der Waals surface area contributed by atoms with Gasteiger partial charge in [0.1, 0.15) is 0 Å². The van der Waals surface area contributed by atoms with Crippen LogP contribution in [0.1, 0.15) is 29.8 Å². The first-order chi connectivity index (χ1) is 12.9. The van der Waals surface area contributed by atoms with Crippen molar-refractivity contribution in [1.29, 1.82) is 0 Å². The van der Waals surface area contributed by atoms with Gasteiger partial charge in [0.15, 0.2) is 0 Å². The van der Waals surface area contributed by atoms with Crippen LogP contribution < -0.4 is 10.2 Å². The van der Waals surface area contributed by atoms with Crippen LogP contribution in [0.4, 0.5) is 11.4 Å². The molecule has 2 aromatic rings. The average molecular weight is 371 g/mol. The number of carbonyl (C=O) groups excluding carboxylic acids is 1. The maximum atomic E-state index is 12.5. The summed E-state index contributed by atoms with van der Waals surface area (Å²) in [5.74, 6) is 0.0811. The van der Waals surface area contributed by atoms with E-state index in [-0.39, 0.29) is 17.5 Å². The molecule has 0 aliphatic carbocycles. The molecule has 1 aliphatic heterocycles. The molecule has 0 unspecified atom stereocenters. The third-order valence-corrected chi connectivity index (χ3v) is 5.39. The Hall–Kier alpha value is -2.90. The minimum atomic E-state index is -0.397. The molecule has 1 aliphatic rings. The lowest BCUT2D eigenvalue weighted by molar-refractivity contribution is -0.384. The predicted octanol–water partition coefficient (Wildman–Crippen LogP) is 2.48. The van der Waals surface area contributed by atoms with Crippen LogP contribution in [-0.4, -0.2) is 33.7 Å². The van der Waals surface area contributed by atoms with E-state index in [1.165, 1.54) is 12.1 Å².